The molecule has 3 nitrogen and oxygen atoms in total. The van der Waals surface area contributed by atoms with Crippen molar-refractivity contribution in [1.82, 2.24) is 4.98 Å². The zero-order valence-electron chi connectivity index (χ0n) is 11.4. The van der Waals surface area contributed by atoms with Crippen LogP contribution in [0.3, 0.4) is 0 Å². The standard InChI is InChI=1S/C16H17FN2O/c1-18-14-6-3-5-13(11-8-9-11)16(14)20-10-12-4-2-7-15(17)19-12/h2-7,11,18H,8-10H2,1H3. The maximum absolute atomic E-state index is 13.1. The van der Waals surface area contributed by atoms with E-state index in [2.05, 4.69) is 16.4 Å². The number of aromatic nitrogens is 1. The van der Waals surface area contributed by atoms with Crippen molar-refractivity contribution in [3.8, 4) is 5.75 Å². The number of anilines is 1. The second-order valence-electron chi connectivity index (χ2n) is 4.99. The molecule has 1 aliphatic rings. The summed E-state index contributed by atoms with van der Waals surface area (Å²) in [5.41, 5.74) is 2.79. The highest BCUT2D eigenvalue weighted by molar-refractivity contribution is 5.61. The van der Waals surface area contributed by atoms with Crippen molar-refractivity contribution >= 4 is 5.69 Å². The Labute approximate surface area is 117 Å². The highest BCUT2D eigenvalue weighted by Gasteiger charge is 2.27. The lowest BCUT2D eigenvalue weighted by molar-refractivity contribution is 0.297. The number of pyridine rings is 1. The summed E-state index contributed by atoms with van der Waals surface area (Å²) in [7, 11) is 1.87. The third kappa shape index (κ3) is 2.74. The van der Waals surface area contributed by atoms with Crippen molar-refractivity contribution in [3.05, 3.63) is 53.6 Å². The zero-order chi connectivity index (χ0) is 13.9. The number of nitrogens with zero attached hydrogens (tertiary/aromatic N) is 1. The Balaban J connectivity index is 1.82. The van der Waals surface area contributed by atoms with E-state index in [0.29, 0.717) is 11.6 Å². The van der Waals surface area contributed by atoms with Gasteiger partial charge in [-0.1, -0.05) is 18.2 Å². The lowest BCUT2D eigenvalue weighted by atomic mass is 10.1. The molecule has 0 radical (unpaired) electrons. The van der Waals surface area contributed by atoms with Crippen LogP contribution >= 0.6 is 0 Å². The number of halogens is 1. The molecule has 20 heavy (non-hydrogen) atoms. The van der Waals surface area contributed by atoms with Crippen LogP contribution in [0.4, 0.5) is 10.1 Å². The average Bonchev–Trinajstić information content (AvgIpc) is 3.29. The summed E-state index contributed by atoms with van der Waals surface area (Å²) in [4.78, 5) is 3.82. The number of para-hydroxylation sites is 1. The van der Waals surface area contributed by atoms with Crippen LogP contribution in [-0.4, -0.2) is 12.0 Å². The van der Waals surface area contributed by atoms with Crippen LogP contribution in [0.5, 0.6) is 5.75 Å². The maximum Gasteiger partial charge on any atom is 0.213 e. The maximum atomic E-state index is 13.1. The van der Waals surface area contributed by atoms with Gasteiger partial charge in [-0.3, -0.25) is 0 Å². The predicted molar refractivity (Wildman–Crippen MR) is 76.5 cm³/mol. The van der Waals surface area contributed by atoms with Gasteiger partial charge in [-0.2, -0.15) is 4.39 Å². The first-order chi connectivity index (χ1) is 9.78. The van der Waals surface area contributed by atoms with Gasteiger partial charge in [0.15, 0.2) is 0 Å². The molecule has 1 heterocycles. The summed E-state index contributed by atoms with van der Waals surface area (Å²) in [5.74, 6) is 0.984. The summed E-state index contributed by atoms with van der Waals surface area (Å²) in [6.45, 7) is 0.274. The van der Waals surface area contributed by atoms with Crippen molar-refractivity contribution in [2.75, 3.05) is 12.4 Å². The molecule has 2 aromatic rings. The minimum Gasteiger partial charge on any atom is -0.485 e. The first kappa shape index (κ1) is 12.9. The van der Waals surface area contributed by atoms with Gasteiger partial charge in [-0.15, -0.1) is 0 Å². The number of rotatable bonds is 5. The summed E-state index contributed by atoms with van der Waals surface area (Å²) in [6, 6.07) is 10.9. The van der Waals surface area contributed by atoms with Crippen molar-refractivity contribution in [1.29, 1.82) is 0 Å². The van der Waals surface area contributed by atoms with Crippen LogP contribution in [-0.2, 0) is 6.61 Å². The summed E-state index contributed by atoms with van der Waals surface area (Å²) >= 11 is 0. The third-order valence-corrected chi connectivity index (χ3v) is 3.47. The van der Waals surface area contributed by atoms with Gasteiger partial charge in [0, 0.05) is 7.05 Å². The van der Waals surface area contributed by atoms with Gasteiger partial charge in [0.05, 0.1) is 11.4 Å². The van der Waals surface area contributed by atoms with Crippen molar-refractivity contribution < 1.29 is 9.13 Å². The Bertz CT molecular complexity index is 611. The SMILES string of the molecule is CNc1cccc(C2CC2)c1OCc1cccc(F)n1. The molecule has 0 spiro atoms. The van der Waals surface area contributed by atoms with Crippen LogP contribution in [0.1, 0.15) is 30.0 Å². The second-order valence-corrected chi connectivity index (χ2v) is 4.99. The largest absolute Gasteiger partial charge is 0.485 e. The van der Waals surface area contributed by atoms with Crippen LogP contribution < -0.4 is 10.1 Å². The van der Waals surface area contributed by atoms with Crippen molar-refractivity contribution in [3.63, 3.8) is 0 Å². The molecule has 0 bridgehead atoms. The first-order valence-corrected chi connectivity index (χ1v) is 6.83. The molecule has 1 aromatic heterocycles. The van der Waals surface area contributed by atoms with E-state index in [1.54, 1.807) is 12.1 Å². The number of nitrogens with one attached hydrogen (secondary N) is 1. The van der Waals surface area contributed by atoms with E-state index < -0.39 is 5.95 Å². The van der Waals surface area contributed by atoms with E-state index in [9.17, 15) is 4.39 Å². The minimum absolute atomic E-state index is 0.274. The van der Waals surface area contributed by atoms with E-state index in [-0.39, 0.29) is 6.61 Å². The number of hydrogen-bond acceptors (Lipinski definition) is 3. The molecule has 0 unspecified atom stereocenters. The van der Waals surface area contributed by atoms with Gasteiger partial charge in [0.1, 0.15) is 12.4 Å². The Morgan fingerprint density at radius 3 is 2.75 bits per heavy atom. The fourth-order valence-electron chi connectivity index (χ4n) is 2.31. The van der Waals surface area contributed by atoms with Gasteiger partial charge < -0.3 is 10.1 Å². The highest BCUT2D eigenvalue weighted by Crippen LogP contribution is 2.46. The quantitative estimate of drug-likeness (QED) is 0.842. The van der Waals surface area contributed by atoms with Gasteiger partial charge in [0.2, 0.25) is 5.95 Å². The molecule has 0 amide bonds. The normalized spacial score (nSPS) is 14.1. The Morgan fingerprint density at radius 1 is 1.25 bits per heavy atom. The van der Waals surface area contributed by atoms with Gasteiger partial charge in [0.25, 0.3) is 0 Å². The van der Waals surface area contributed by atoms with E-state index in [1.807, 2.05) is 19.2 Å². The lowest BCUT2D eigenvalue weighted by Gasteiger charge is -2.15. The van der Waals surface area contributed by atoms with E-state index >= 15 is 0 Å². The van der Waals surface area contributed by atoms with E-state index in [0.717, 1.165) is 11.4 Å². The molecule has 4 heteroatoms. The Morgan fingerprint density at radius 2 is 2.05 bits per heavy atom. The topological polar surface area (TPSA) is 34.1 Å². The van der Waals surface area contributed by atoms with Crippen LogP contribution in [0.15, 0.2) is 36.4 Å². The lowest BCUT2D eigenvalue weighted by Crippen LogP contribution is -2.04. The highest BCUT2D eigenvalue weighted by atomic mass is 19.1. The van der Waals surface area contributed by atoms with Crippen molar-refractivity contribution in [2.24, 2.45) is 0 Å². The summed E-state index contributed by atoms with van der Waals surface area (Å²) in [5, 5.41) is 3.15. The van der Waals surface area contributed by atoms with Gasteiger partial charge in [-0.05, 0) is 42.5 Å². The number of ether oxygens (including phenoxy) is 1. The Kier molecular flexibility index (Phi) is 3.54. The third-order valence-electron chi connectivity index (χ3n) is 3.47. The fourth-order valence-corrected chi connectivity index (χ4v) is 2.31. The monoisotopic (exact) mass is 272 g/mol. The predicted octanol–water partition coefficient (Wildman–Crippen LogP) is 3.72. The van der Waals surface area contributed by atoms with E-state index in [4.69, 9.17) is 4.74 Å². The van der Waals surface area contributed by atoms with Crippen LogP contribution in [0, 0.1) is 5.95 Å². The molecule has 1 aliphatic carbocycles. The zero-order valence-corrected chi connectivity index (χ0v) is 11.4. The molecule has 1 fully saturated rings. The number of benzene rings is 1. The summed E-state index contributed by atoms with van der Waals surface area (Å²) in [6.07, 6.45) is 2.42. The molecule has 0 aliphatic heterocycles. The van der Waals surface area contributed by atoms with Crippen LogP contribution in [0.25, 0.3) is 0 Å². The summed E-state index contributed by atoms with van der Waals surface area (Å²) < 4.78 is 19.0. The fraction of sp³-hybridized carbons (Fsp3) is 0.312. The smallest absolute Gasteiger partial charge is 0.213 e. The molecular weight excluding hydrogens is 255 g/mol. The molecule has 0 saturated heterocycles. The molecule has 3 rings (SSSR count). The average molecular weight is 272 g/mol. The van der Waals surface area contributed by atoms with Crippen LogP contribution in [0.2, 0.25) is 0 Å². The van der Waals surface area contributed by atoms with E-state index in [1.165, 1.54) is 24.5 Å². The Hall–Kier alpha value is -2.10. The molecule has 1 N–H and O–H groups in total. The first-order valence-electron chi connectivity index (χ1n) is 6.83. The number of hydrogen-bond donors (Lipinski definition) is 1. The molecule has 104 valence electrons. The molecule has 0 atom stereocenters. The van der Waals surface area contributed by atoms with Gasteiger partial charge in [-0.25, -0.2) is 4.98 Å². The molecule has 1 saturated carbocycles. The van der Waals surface area contributed by atoms with Crippen molar-refractivity contribution in [2.45, 2.75) is 25.4 Å². The molecular formula is C16H17FN2O. The second kappa shape index (κ2) is 5.49. The minimum atomic E-state index is -0.476. The van der Waals surface area contributed by atoms with Gasteiger partial charge >= 0.3 is 0 Å². The molecule has 1 aromatic carbocycles.